The number of carbonyl (C=O) groups is 1. The molecule has 0 saturated heterocycles. The highest BCUT2D eigenvalue weighted by molar-refractivity contribution is 7.98. The molecule has 1 rings (SSSR count). The second-order valence-corrected chi connectivity index (χ2v) is 4.54. The van der Waals surface area contributed by atoms with Crippen molar-refractivity contribution in [3.63, 3.8) is 0 Å². The fraction of sp³-hybridized carbons (Fsp3) is 0.364. The number of halogens is 3. The molecule has 0 aliphatic rings. The first kappa shape index (κ1) is 16.3. The summed E-state index contributed by atoms with van der Waals surface area (Å²) in [5, 5.41) is 10.8. The Kier molecular flexibility index (Phi) is 4.98. The fourth-order valence-corrected chi connectivity index (χ4v) is 2.17. The van der Waals surface area contributed by atoms with E-state index in [2.05, 4.69) is 4.74 Å². The predicted molar refractivity (Wildman–Crippen MR) is 65.6 cm³/mol. The number of esters is 1. The van der Waals surface area contributed by atoms with Gasteiger partial charge in [-0.1, -0.05) is 0 Å². The quantitative estimate of drug-likeness (QED) is 0.370. The molecule has 0 aliphatic carbocycles. The molecule has 0 saturated carbocycles. The SMILES string of the molecule is COC(=O)Cc1cc([N+](=O)[O-])c(C(F)(F)F)cc1SC. The first-order chi connectivity index (χ1) is 9.20. The summed E-state index contributed by atoms with van der Waals surface area (Å²) in [5.74, 6) is -0.686. The second kappa shape index (κ2) is 6.12. The van der Waals surface area contributed by atoms with E-state index in [1.165, 1.54) is 6.26 Å². The van der Waals surface area contributed by atoms with Crippen LogP contribution in [0.15, 0.2) is 17.0 Å². The molecule has 0 radical (unpaired) electrons. The van der Waals surface area contributed by atoms with Crippen molar-refractivity contribution in [1.29, 1.82) is 0 Å². The third kappa shape index (κ3) is 3.62. The number of hydrogen-bond acceptors (Lipinski definition) is 5. The zero-order chi connectivity index (χ0) is 15.5. The third-order valence-corrected chi connectivity index (χ3v) is 3.28. The standard InChI is InChI=1S/C11H10F3NO4S/c1-19-10(16)4-6-3-8(15(17)18)7(11(12,13)14)5-9(6)20-2/h3,5H,4H2,1-2H3. The maximum absolute atomic E-state index is 12.8. The Balaban J connectivity index is 3.45. The van der Waals surface area contributed by atoms with Crippen molar-refractivity contribution in [3.8, 4) is 0 Å². The van der Waals surface area contributed by atoms with E-state index < -0.39 is 28.3 Å². The molecule has 0 aliphatic heterocycles. The van der Waals surface area contributed by atoms with Crippen molar-refractivity contribution >= 4 is 23.4 Å². The molecular formula is C11H10F3NO4S. The van der Waals surface area contributed by atoms with Crippen LogP contribution < -0.4 is 0 Å². The molecule has 9 heteroatoms. The minimum absolute atomic E-state index is 0.129. The van der Waals surface area contributed by atoms with Gasteiger partial charge in [0, 0.05) is 11.0 Å². The van der Waals surface area contributed by atoms with Gasteiger partial charge in [0.2, 0.25) is 0 Å². The number of nitrogens with zero attached hydrogens (tertiary/aromatic N) is 1. The third-order valence-electron chi connectivity index (χ3n) is 2.46. The van der Waals surface area contributed by atoms with Gasteiger partial charge in [-0.05, 0) is 17.9 Å². The lowest BCUT2D eigenvalue weighted by molar-refractivity contribution is -0.388. The van der Waals surface area contributed by atoms with Crippen molar-refractivity contribution in [2.24, 2.45) is 0 Å². The maximum atomic E-state index is 12.8. The van der Waals surface area contributed by atoms with E-state index in [0.29, 0.717) is 6.07 Å². The summed E-state index contributed by atoms with van der Waals surface area (Å²) in [7, 11) is 1.12. The summed E-state index contributed by atoms with van der Waals surface area (Å²) in [6, 6.07) is 1.45. The van der Waals surface area contributed by atoms with E-state index >= 15 is 0 Å². The van der Waals surface area contributed by atoms with Crippen LogP contribution in [0.2, 0.25) is 0 Å². The topological polar surface area (TPSA) is 69.4 Å². The minimum atomic E-state index is -4.84. The molecule has 110 valence electrons. The van der Waals surface area contributed by atoms with E-state index in [1.807, 2.05) is 0 Å². The second-order valence-electron chi connectivity index (χ2n) is 3.69. The number of alkyl halides is 3. The van der Waals surface area contributed by atoms with Crippen molar-refractivity contribution in [3.05, 3.63) is 33.4 Å². The molecule has 1 aromatic carbocycles. The van der Waals surface area contributed by atoms with Crippen LogP contribution in [0.5, 0.6) is 0 Å². The van der Waals surface area contributed by atoms with Gasteiger partial charge in [0.1, 0.15) is 5.56 Å². The molecule has 0 N–H and O–H groups in total. The van der Waals surface area contributed by atoms with Gasteiger partial charge in [-0.25, -0.2) is 0 Å². The Bertz CT molecular complexity index is 545. The van der Waals surface area contributed by atoms with Gasteiger partial charge in [0.15, 0.2) is 0 Å². The van der Waals surface area contributed by atoms with Crippen LogP contribution in [-0.4, -0.2) is 24.3 Å². The van der Waals surface area contributed by atoms with Crippen molar-refractivity contribution in [2.45, 2.75) is 17.5 Å². The molecule has 20 heavy (non-hydrogen) atoms. The molecule has 0 amide bonds. The summed E-state index contributed by atoms with van der Waals surface area (Å²) >= 11 is 0.968. The lowest BCUT2D eigenvalue weighted by Crippen LogP contribution is -2.12. The number of hydrogen-bond donors (Lipinski definition) is 0. The molecular weight excluding hydrogens is 299 g/mol. The van der Waals surface area contributed by atoms with Gasteiger partial charge in [-0.15, -0.1) is 11.8 Å². The largest absolute Gasteiger partial charge is 0.469 e. The molecule has 5 nitrogen and oxygen atoms in total. The summed E-state index contributed by atoms with van der Waals surface area (Å²) in [4.78, 5) is 21.0. The molecule has 0 atom stereocenters. The highest BCUT2D eigenvalue weighted by atomic mass is 32.2. The van der Waals surface area contributed by atoms with Crippen LogP contribution in [0.3, 0.4) is 0 Å². The number of rotatable bonds is 4. The van der Waals surface area contributed by atoms with Crippen LogP contribution in [0, 0.1) is 10.1 Å². The van der Waals surface area contributed by atoms with E-state index in [1.54, 1.807) is 0 Å². The Morgan fingerprint density at radius 3 is 2.45 bits per heavy atom. The maximum Gasteiger partial charge on any atom is 0.423 e. The number of carbonyl (C=O) groups excluding carboxylic acids is 1. The normalized spacial score (nSPS) is 11.2. The lowest BCUT2D eigenvalue weighted by atomic mass is 10.1. The van der Waals surface area contributed by atoms with E-state index in [9.17, 15) is 28.1 Å². The zero-order valence-electron chi connectivity index (χ0n) is 10.5. The Hall–Kier alpha value is -1.77. The van der Waals surface area contributed by atoms with Crippen LogP contribution in [-0.2, 0) is 22.1 Å². The Morgan fingerprint density at radius 2 is 2.05 bits per heavy atom. The number of nitro groups is 1. The first-order valence-electron chi connectivity index (χ1n) is 5.20. The summed E-state index contributed by atoms with van der Waals surface area (Å²) < 4.78 is 42.8. The van der Waals surface area contributed by atoms with Gasteiger partial charge in [-0.2, -0.15) is 13.2 Å². The highest BCUT2D eigenvalue weighted by Gasteiger charge is 2.39. The average Bonchev–Trinajstić information content (AvgIpc) is 2.36. The molecule has 0 heterocycles. The van der Waals surface area contributed by atoms with Gasteiger partial charge in [-0.3, -0.25) is 14.9 Å². The van der Waals surface area contributed by atoms with Gasteiger partial charge in [0.05, 0.1) is 18.5 Å². The van der Waals surface area contributed by atoms with Gasteiger partial charge in [0.25, 0.3) is 5.69 Å². The van der Waals surface area contributed by atoms with E-state index in [0.717, 1.165) is 24.9 Å². The lowest BCUT2D eigenvalue weighted by Gasteiger charge is -2.12. The Morgan fingerprint density at radius 1 is 1.45 bits per heavy atom. The Labute approximate surface area is 116 Å². The molecule has 1 aromatic rings. The van der Waals surface area contributed by atoms with E-state index in [4.69, 9.17) is 0 Å². The molecule has 0 spiro atoms. The number of nitro benzene ring substituents is 1. The summed E-state index contributed by atoms with van der Waals surface area (Å²) in [6.45, 7) is 0. The highest BCUT2D eigenvalue weighted by Crippen LogP contribution is 2.39. The fourth-order valence-electron chi connectivity index (χ4n) is 1.55. The summed E-state index contributed by atoms with van der Waals surface area (Å²) in [6.07, 6.45) is -3.65. The average molecular weight is 309 g/mol. The van der Waals surface area contributed by atoms with Gasteiger partial charge >= 0.3 is 12.1 Å². The van der Waals surface area contributed by atoms with Crippen molar-refractivity contribution < 1.29 is 27.6 Å². The van der Waals surface area contributed by atoms with Crippen molar-refractivity contribution in [2.75, 3.05) is 13.4 Å². The zero-order valence-corrected chi connectivity index (χ0v) is 11.3. The predicted octanol–water partition coefficient (Wildman–Crippen LogP) is 3.05. The van der Waals surface area contributed by atoms with E-state index in [-0.39, 0.29) is 16.9 Å². The van der Waals surface area contributed by atoms with Crippen molar-refractivity contribution in [1.82, 2.24) is 0 Å². The molecule has 0 unspecified atom stereocenters. The minimum Gasteiger partial charge on any atom is -0.469 e. The van der Waals surface area contributed by atoms with Crippen LogP contribution in [0.1, 0.15) is 11.1 Å². The summed E-state index contributed by atoms with van der Waals surface area (Å²) in [5.41, 5.74) is -2.28. The molecule has 0 fully saturated rings. The van der Waals surface area contributed by atoms with Gasteiger partial charge < -0.3 is 4.74 Å². The first-order valence-corrected chi connectivity index (χ1v) is 6.42. The smallest absolute Gasteiger partial charge is 0.423 e. The molecule has 0 aromatic heterocycles. The van der Waals surface area contributed by atoms with Crippen LogP contribution in [0.4, 0.5) is 18.9 Å². The van der Waals surface area contributed by atoms with Crippen LogP contribution in [0.25, 0.3) is 0 Å². The number of benzene rings is 1. The monoisotopic (exact) mass is 309 g/mol. The number of methoxy groups -OCH3 is 1. The van der Waals surface area contributed by atoms with Crippen LogP contribution >= 0.6 is 11.8 Å². The number of thioether (sulfide) groups is 1. The number of ether oxygens (including phenoxy) is 1. The molecule has 0 bridgehead atoms.